The lowest BCUT2D eigenvalue weighted by Gasteiger charge is -2.26. The van der Waals surface area contributed by atoms with Gasteiger partial charge in [0.2, 0.25) is 5.91 Å². The molecule has 0 aromatic heterocycles. The fourth-order valence-electron chi connectivity index (χ4n) is 3.14. The van der Waals surface area contributed by atoms with Crippen molar-refractivity contribution in [1.82, 2.24) is 4.90 Å². The Labute approximate surface area is 173 Å². The van der Waals surface area contributed by atoms with Crippen molar-refractivity contribution >= 4 is 29.4 Å². The Morgan fingerprint density at radius 2 is 2.00 bits per heavy atom. The molecule has 1 fully saturated rings. The van der Waals surface area contributed by atoms with Crippen LogP contribution in [0.1, 0.15) is 16.7 Å². The smallest absolute Gasteiger partial charge is 0.387 e. The number of carbonyl (C=O) groups is 1. The van der Waals surface area contributed by atoms with Crippen LogP contribution < -0.4 is 10.1 Å². The Morgan fingerprint density at radius 1 is 1.24 bits per heavy atom. The summed E-state index contributed by atoms with van der Waals surface area (Å²) in [7, 11) is 0. The van der Waals surface area contributed by atoms with Crippen LogP contribution in [0.3, 0.4) is 0 Å². The molecular weight excluding hydrogens is 394 g/mol. The molecule has 0 aliphatic carbocycles. The molecule has 0 unspecified atom stereocenters. The zero-order valence-corrected chi connectivity index (χ0v) is 17.1. The second-order valence-electron chi connectivity index (χ2n) is 6.78. The van der Waals surface area contributed by atoms with Crippen molar-refractivity contribution in [2.45, 2.75) is 20.1 Å². The Balaban J connectivity index is 1.61. The highest BCUT2D eigenvalue weighted by atomic mass is 32.2. The first-order chi connectivity index (χ1) is 14.0. The zero-order chi connectivity index (χ0) is 20.6. The normalized spacial score (nSPS) is 15.0. The molecule has 1 aliphatic heterocycles. The molecule has 0 spiro atoms. The van der Waals surface area contributed by atoms with E-state index in [0.717, 1.165) is 30.9 Å². The Kier molecular flexibility index (Phi) is 7.66. The van der Waals surface area contributed by atoms with E-state index in [1.807, 2.05) is 30.8 Å². The van der Waals surface area contributed by atoms with E-state index in [1.165, 1.54) is 35.3 Å². The van der Waals surface area contributed by atoms with Crippen LogP contribution in [0.2, 0.25) is 0 Å². The molecule has 1 N–H and O–H groups in total. The molecule has 0 atom stereocenters. The molecule has 3 rings (SSSR count). The second kappa shape index (κ2) is 10.4. The zero-order valence-electron chi connectivity index (χ0n) is 16.2. The third-order valence-electron chi connectivity index (χ3n) is 4.61. The SMILES string of the molecule is Cc1cc(CN2CCSCC2)ccc1NC(=O)/C=C/c1ccccc1OC(F)F. The predicted molar refractivity (Wildman–Crippen MR) is 115 cm³/mol. The van der Waals surface area contributed by atoms with Crippen LogP contribution in [-0.2, 0) is 11.3 Å². The van der Waals surface area contributed by atoms with Crippen LogP contribution in [-0.4, -0.2) is 42.0 Å². The van der Waals surface area contributed by atoms with E-state index in [0.29, 0.717) is 5.56 Å². The van der Waals surface area contributed by atoms with Gasteiger partial charge in [0.1, 0.15) is 5.75 Å². The largest absolute Gasteiger partial charge is 0.434 e. The van der Waals surface area contributed by atoms with E-state index >= 15 is 0 Å². The average Bonchev–Trinajstić information content (AvgIpc) is 2.70. The molecule has 7 heteroatoms. The third-order valence-corrected chi connectivity index (χ3v) is 5.55. The molecular formula is C22H24F2N2O2S. The first-order valence-electron chi connectivity index (χ1n) is 9.44. The van der Waals surface area contributed by atoms with Gasteiger partial charge in [-0.3, -0.25) is 9.69 Å². The summed E-state index contributed by atoms with van der Waals surface area (Å²) >= 11 is 1.99. The van der Waals surface area contributed by atoms with Gasteiger partial charge < -0.3 is 10.1 Å². The number of hydrogen-bond acceptors (Lipinski definition) is 4. The molecule has 2 aromatic carbocycles. The number of nitrogens with one attached hydrogen (secondary N) is 1. The average molecular weight is 419 g/mol. The molecule has 0 bridgehead atoms. The standard InChI is InChI=1S/C22H24F2N2O2S/c1-16-14-17(15-26-10-12-29-13-11-26)6-8-19(16)25-21(27)9-7-18-4-2-3-5-20(18)28-22(23)24/h2-9,14,22H,10-13,15H2,1H3,(H,25,27)/b9-7+. The van der Waals surface area contributed by atoms with Gasteiger partial charge in [0.05, 0.1) is 0 Å². The van der Waals surface area contributed by atoms with Gasteiger partial charge in [-0.15, -0.1) is 0 Å². The molecule has 0 saturated carbocycles. The number of hydrogen-bond donors (Lipinski definition) is 1. The number of halogens is 2. The van der Waals surface area contributed by atoms with Gasteiger partial charge in [0.25, 0.3) is 0 Å². The van der Waals surface area contributed by atoms with E-state index in [9.17, 15) is 13.6 Å². The minimum atomic E-state index is -2.91. The summed E-state index contributed by atoms with van der Waals surface area (Å²) in [4.78, 5) is 14.7. The number of amides is 1. The van der Waals surface area contributed by atoms with Gasteiger partial charge in [0, 0.05) is 48.5 Å². The van der Waals surface area contributed by atoms with Crippen LogP contribution in [0.5, 0.6) is 5.75 Å². The molecule has 1 heterocycles. The Bertz CT molecular complexity index is 868. The fraction of sp³-hybridized carbons (Fsp3) is 0.318. The van der Waals surface area contributed by atoms with Gasteiger partial charge in [0.15, 0.2) is 0 Å². The van der Waals surface area contributed by atoms with Gasteiger partial charge in [-0.2, -0.15) is 20.5 Å². The van der Waals surface area contributed by atoms with E-state index in [-0.39, 0.29) is 11.7 Å². The van der Waals surface area contributed by atoms with E-state index in [2.05, 4.69) is 21.0 Å². The number of para-hydroxylation sites is 1. The van der Waals surface area contributed by atoms with Crippen molar-refractivity contribution in [3.8, 4) is 5.75 Å². The lowest BCUT2D eigenvalue weighted by molar-refractivity contribution is -0.111. The first-order valence-corrected chi connectivity index (χ1v) is 10.6. The van der Waals surface area contributed by atoms with Gasteiger partial charge in [-0.25, -0.2) is 0 Å². The van der Waals surface area contributed by atoms with E-state index < -0.39 is 6.61 Å². The molecule has 1 aliphatic rings. The summed E-state index contributed by atoms with van der Waals surface area (Å²) in [6.07, 6.45) is 2.78. The number of thioether (sulfide) groups is 1. The number of aryl methyl sites for hydroxylation is 1. The van der Waals surface area contributed by atoms with Crippen molar-refractivity contribution in [1.29, 1.82) is 0 Å². The summed E-state index contributed by atoms with van der Waals surface area (Å²) in [6.45, 7) is 2.16. The van der Waals surface area contributed by atoms with Crippen molar-refractivity contribution in [2.24, 2.45) is 0 Å². The highest BCUT2D eigenvalue weighted by molar-refractivity contribution is 7.99. The first kappa shape index (κ1) is 21.3. The Hall–Kier alpha value is -2.38. The van der Waals surface area contributed by atoms with Crippen LogP contribution >= 0.6 is 11.8 Å². The number of carbonyl (C=O) groups excluding carboxylic acids is 1. The maximum Gasteiger partial charge on any atom is 0.387 e. The number of alkyl halides is 2. The maximum absolute atomic E-state index is 12.5. The Morgan fingerprint density at radius 3 is 2.72 bits per heavy atom. The number of nitrogens with zero attached hydrogens (tertiary/aromatic N) is 1. The molecule has 154 valence electrons. The molecule has 0 radical (unpaired) electrons. The predicted octanol–water partition coefficient (Wildman–Crippen LogP) is 4.80. The number of anilines is 1. The highest BCUT2D eigenvalue weighted by Crippen LogP contribution is 2.22. The highest BCUT2D eigenvalue weighted by Gasteiger charge is 2.12. The number of benzene rings is 2. The molecule has 29 heavy (non-hydrogen) atoms. The van der Waals surface area contributed by atoms with Gasteiger partial charge in [-0.05, 0) is 36.3 Å². The van der Waals surface area contributed by atoms with Crippen LogP contribution in [0.4, 0.5) is 14.5 Å². The summed E-state index contributed by atoms with van der Waals surface area (Å²) < 4.78 is 29.4. The van der Waals surface area contributed by atoms with Crippen molar-refractivity contribution < 1.29 is 18.3 Å². The van der Waals surface area contributed by atoms with Gasteiger partial charge in [-0.1, -0.05) is 30.3 Å². The van der Waals surface area contributed by atoms with Crippen LogP contribution in [0.25, 0.3) is 6.08 Å². The lowest BCUT2D eigenvalue weighted by Crippen LogP contribution is -2.31. The van der Waals surface area contributed by atoms with Crippen LogP contribution in [0, 0.1) is 6.92 Å². The topological polar surface area (TPSA) is 41.6 Å². The maximum atomic E-state index is 12.5. The van der Waals surface area contributed by atoms with Gasteiger partial charge >= 0.3 is 6.61 Å². The summed E-state index contributed by atoms with van der Waals surface area (Å²) in [5, 5.41) is 2.84. The fourth-order valence-corrected chi connectivity index (χ4v) is 4.12. The number of ether oxygens (including phenoxy) is 1. The summed E-state index contributed by atoms with van der Waals surface area (Å²) in [5.41, 5.74) is 3.35. The number of rotatable bonds is 7. The minimum absolute atomic E-state index is 0.0307. The van der Waals surface area contributed by atoms with Crippen LogP contribution in [0.15, 0.2) is 48.5 Å². The van der Waals surface area contributed by atoms with Crippen molar-refractivity contribution in [3.05, 3.63) is 65.2 Å². The quantitative estimate of drug-likeness (QED) is 0.656. The lowest BCUT2D eigenvalue weighted by atomic mass is 10.1. The second-order valence-corrected chi connectivity index (χ2v) is 8.00. The van der Waals surface area contributed by atoms with Crippen molar-refractivity contribution in [2.75, 3.05) is 29.9 Å². The molecule has 4 nitrogen and oxygen atoms in total. The molecule has 1 saturated heterocycles. The summed E-state index contributed by atoms with van der Waals surface area (Å²) in [6, 6.07) is 12.4. The summed E-state index contributed by atoms with van der Waals surface area (Å²) in [5.74, 6) is 2.04. The van der Waals surface area contributed by atoms with E-state index in [4.69, 9.17) is 0 Å². The monoisotopic (exact) mass is 418 g/mol. The molecule has 1 amide bonds. The third kappa shape index (κ3) is 6.58. The molecule has 2 aromatic rings. The minimum Gasteiger partial charge on any atom is -0.434 e. The van der Waals surface area contributed by atoms with E-state index in [1.54, 1.807) is 18.2 Å². The van der Waals surface area contributed by atoms with Crippen molar-refractivity contribution in [3.63, 3.8) is 0 Å².